The van der Waals surface area contributed by atoms with Gasteiger partial charge in [0, 0.05) is 6.42 Å². The van der Waals surface area contributed by atoms with Gasteiger partial charge in [-0.2, -0.15) is 0 Å². The molecular weight excluding hydrogens is 464 g/mol. The van der Waals surface area contributed by atoms with Gasteiger partial charge in [0.2, 0.25) is 0 Å². The Morgan fingerprint density at radius 2 is 0.921 bits per heavy atom. The second kappa shape index (κ2) is 27.3. The molecule has 0 aromatic heterocycles. The molecule has 0 saturated heterocycles. The molecule has 1 unspecified atom stereocenters. The van der Waals surface area contributed by atoms with E-state index in [0.29, 0.717) is 18.9 Å². The van der Waals surface area contributed by atoms with Crippen molar-refractivity contribution in [3.63, 3.8) is 0 Å². The van der Waals surface area contributed by atoms with Crippen LogP contribution < -0.4 is 0 Å². The lowest BCUT2D eigenvalue weighted by Crippen LogP contribution is -2.12. The third-order valence-electron chi connectivity index (χ3n) is 8.13. The lowest BCUT2D eigenvalue weighted by atomic mass is 9.91. The molecule has 0 fully saturated rings. The molecule has 1 aromatic carbocycles. The fraction of sp³-hybridized carbons (Fsp3) is 0.806. The number of benzene rings is 1. The molecule has 220 valence electrons. The van der Waals surface area contributed by atoms with E-state index in [1.165, 1.54) is 154 Å². The van der Waals surface area contributed by atoms with E-state index in [4.69, 9.17) is 4.74 Å². The van der Waals surface area contributed by atoms with E-state index >= 15 is 0 Å². The Labute approximate surface area is 238 Å². The Morgan fingerprint density at radius 1 is 0.553 bits per heavy atom. The van der Waals surface area contributed by atoms with Gasteiger partial charge in [-0.1, -0.05) is 185 Å². The van der Waals surface area contributed by atoms with E-state index in [0.717, 1.165) is 5.56 Å². The minimum absolute atomic E-state index is 0.00938. The van der Waals surface area contributed by atoms with Gasteiger partial charge in [0.25, 0.3) is 0 Å². The lowest BCUT2D eigenvalue weighted by Gasteiger charge is -2.16. The Bertz CT molecular complexity index is 611. The van der Waals surface area contributed by atoms with E-state index in [1.807, 2.05) is 30.3 Å². The van der Waals surface area contributed by atoms with E-state index in [2.05, 4.69) is 13.8 Å². The highest BCUT2D eigenvalue weighted by atomic mass is 16.5. The summed E-state index contributed by atoms with van der Waals surface area (Å²) < 4.78 is 5.63. The minimum atomic E-state index is -0.00938. The lowest BCUT2D eigenvalue weighted by molar-refractivity contribution is -0.146. The van der Waals surface area contributed by atoms with Gasteiger partial charge in [-0.3, -0.25) is 4.79 Å². The number of carbonyl (C=O) groups is 1. The maximum absolute atomic E-state index is 12.6. The Morgan fingerprint density at radius 3 is 1.32 bits per heavy atom. The molecule has 0 heterocycles. The number of rotatable bonds is 28. The number of ether oxygens (including phenoxy) is 1. The van der Waals surface area contributed by atoms with Crippen molar-refractivity contribution in [3.8, 4) is 0 Å². The van der Waals surface area contributed by atoms with Crippen molar-refractivity contribution in [1.29, 1.82) is 0 Å². The molecule has 0 bridgehead atoms. The second-order valence-corrected chi connectivity index (χ2v) is 11.9. The summed E-state index contributed by atoms with van der Waals surface area (Å²) in [5, 5.41) is 0. The van der Waals surface area contributed by atoms with Gasteiger partial charge in [0.1, 0.15) is 6.61 Å². The van der Waals surface area contributed by atoms with Crippen LogP contribution in [0.4, 0.5) is 0 Å². The minimum Gasteiger partial charge on any atom is -0.461 e. The van der Waals surface area contributed by atoms with Crippen LogP contribution in [0.1, 0.15) is 180 Å². The van der Waals surface area contributed by atoms with Crippen LogP contribution >= 0.6 is 0 Å². The summed E-state index contributed by atoms with van der Waals surface area (Å²) in [7, 11) is 0. The van der Waals surface area contributed by atoms with Gasteiger partial charge in [0.05, 0.1) is 0 Å². The van der Waals surface area contributed by atoms with E-state index in [-0.39, 0.29) is 5.97 Å². The van der Waals surface area contributed by atoms with Gasteiger partial charge in [-0.05, 0) is 24.3 Å². The summed E-state index contributed by atoms with van der Waals surface area (Å²) in [5.41, 5.74) is 1.08. The van der Waals surface area contributed by atoms with Crippen LogP contribution in [0.25, 0.3) is 0 Å². The number of hydrogen-bond donors (Lipinski definition) is 0. The fourth-order valence-corrected chi connectivity index (χ4v) is 5.58. The van der Waals surface area contributed by atoms with Crippen molar-refractivity contribution < 1.29 is 9.53 Å². The van der Waals surface area contributed by atoms with Crippen molar-refractivity contribution in [2.24, 2.45) is 5.92 Å². The fourth-order valence-electron chi connectivity index (χ4n) is 5.58. The molecule has 1 aromatic rings. The molecule has 0 N–H and O–H groups in total. The average Bonchev–Trinajstić information content (AvgIpc) is 2.94. The molecule has 0 aliphatic heterocycles. The Balaban J connectivity index is 2.19. The number of unbranched alkanes of at least 4 members (excludes halogenated alkanes) is 20. The van der Waals surface area contributed by atoms with Crippen LogP contribution in [0.2, 0.25) is 0 Å². The first-order valence-electron chi connectivity index (χ1n) is 17.0. The molecule has 2 nitrogen and oxygen atoms in total. The number of hydrogen-bond acceptors (Lipinski definition) is 2. The van der Waals surface area contributed by atoms with Gasteiger partial charge >= 0.3 is 5.97 Å². The summed E-state index contributed by atoms with van der Waals surface area (Å²) in [6.45, 7) is 4.98. The largest absolute Gasteiger partial charge is 0.461 e. The monoisotopic (exact) mass is 528 g/mol. The quantitative estimate of drug-likeness (QED) is 0.0798. The van der Waals surface area contributed by atoms with Gasteiger partial charge in [-0.25, -0.2) is 0 Å². The standard InChI is InChI=1S/C36H64O2/c1-3-5-7-9-11-13-15-16-18-20-22-25-29-34(28-24-21-19-17-14-12-10-8-6-4-2)32-36(37)38-33-35-30-26-23-27-31-35/h23,26-27,30-31,34H,3-22,24-25,28-29,32-33H2,1-2H3. The Kier molecular flexibility index (Phi) is 24.9. The third-order valence-corrected chi connectivity index (χ3v) is 8.13. The first kappa shape index (κ1) is 34.7. The van der Waals surface area contributed by atoms with Gasteiger partial charge in [-0.15, -0.1) is 0 Å². The SMILES string of the molecule is CCCCCCCCCCCCCCC(CCCCCCCCCCCC)CC(=O)OCc1ccccc1. The number of carbonyl (C=O) groups excluding carboxylic acids is 1. The molecule has 1 rings (SSSR count). The first-order chi connectivity index (χ1) is 18.8. The van der Waals surface area contributed by atoms with Crippen molar-refractivity contribution in [3.05, 3.63) is 35.9 Å². The smallest absolute Gasteiger partial charge is 0.306 e. The molecule has 1 atom stereocenters. The van der Waals surface area contributed by atoms with Gasteiger partial charge in [0.15, 0.2) is 0 Å². The van der Waals surface area contributed by atoms with Crippen LogP contribution in [-0.4, -0.2) is 5.97 Å². The van der Waals surface area contributed by atoms with Crippen LogP contribution in [0.3, 0.4) is 0 Å². The molecule has 0 aliphatic carbocycles. The highest BCUT2D eigenvalue weighted by Crippen LogP contribution is 2.23. The highest BCUT2D eigenvalue weighted by Gasteiger charge is 2.15. The normalized spacial score (nSPS) is 12.1. The maximum Gasteiger partial charge on any atom is 0.306 e. The summed E-state index contributed by atoms with van der Waals surface area (Å²) in [5.74, 6) is 0.486. The van der Waals surface area contributed by atoms with E-state index in [9.17, 15) is 4.79 Å². The molecule has 0 radical (unpaired) electrons. The summed E-state index contributed by atoms with van der Waals surface area (Å²) in [6, 6.07) is 10.1. The van der Waals surface area contributed by atoms with Crippen molar-refractivity contribution in [2.75, 3.05) is 0 Å². The zero-order chi connectivity index (χ0) is 27.4. The first-order valence-corrected chi connectivity index (χ1v) is 17.0. The third kappa shape index (κ3) is 22.7. The van der Waals surface area contributed by atoms with Crippen molar-refractivity contribution >= 4 is 5.97 Å². The molecule has 0 saturated carbocycles. The number of esters is 1. The van der Waals surface area contributed by atoms with E-state index in [1.54, 1.807) is 0 Å². The predicted molar refractivity (Wildman–Crippen MR) is 167 cm³/mol. The topological polar surface area (TPSA) is 26.3 Å². The van der Waals surface area contributed by atoms with Crippen molar-refractivity contribution in [2.45, 2.75) is 181 Å². The summed E-state index contributed by atoms with van der Waals surface area (Å²) in [4.78, 5) is 12.6. The molecule has 38 heavy (non-hydrogen) atoms. The van der Waals surface area contributed by atoms with E-state index < -0.39 is 0 Å². The van der Waals surface area contributed by atoms with Gasteiger partial charge < -0.3 is 4.74 Å². The maximum atomic E-state index is 12.6. The zero-order valence-electron chi connectivity index (χ0n) is 25.7. The highest BCUT2D eigenvalue weighted by molar-refractivity contribution is 5.69. The summed E-state index contributed by atoms with van der Waals surface area (Å²) >= 11 is 0. The predicted octanol–water partition coefficient (Wildman–Crippen LogP) is 12.1. The molecule has 0 aliphatic rings. The molecule has 0 spiro atoms. The molecule has 2 heteroatoms. The van der Waals surface area contributed by atoms with Crippen LogP contribution in [-0.2, 0) is 16.1 Å². The molecule has 0 amide bonds. The van der Waals surface area contributed by atoms with Crippen LogP contribution in [0.5, 0.6) is 0 Å². The zero-order valence-corrected chi connectivity index (χ0v) is 25.7. The molecular formula is C36H64O2. The van der Waals surface area contributed by atoms with Crippen molar-refractivity contribution in [1.82, 2.24) is 0 Å². The van der Waals surface area contributed by atoms with Crippen LogP contribution in [0.15, 0.2) is 30.3 Å². The Hall–Kier alpha value is -1.31. The average molecular weight is 529 g/mol. The summed E-state index contributed by atoms with van der Waals surface area (Å²) in [6.07, 6.45) is 33.3. The second-order valence-electron chi connectivity index (χ2n) is 11.9. The van der Waals surface area contributed by atoms with Crippen LogP contribution in [0, 0.1) is 5.92 Å².